The SMILES string of the molecule is Cc1nc(C2CCCN(C(=O)O)C2)no1. The molecule has 1 N–H and O–H groups in total. The van der Waals surface area contributed by atoms with Gasteiger partial charge in [-0.2, -0.15) is 4.98 Å². The molecule has 1 amide bonds. The van der Waals surface area contributed by atoms with Gasteiger partial charge in [-0.3, -0.25) is 0 Å². The Kier molecular flexibility index (Phi) is 2.57. The summed E-state index contributed by atoms with van der Waals surface area (Å²) < 4.78 is 4.89. The van der Waals surface area contributed by atoms with Gasteiger partial charge in [0, 0.05) is 25.9 Å². The summed E-state index contributed by atoms with van der Waals surface area (Å²) in [6.07, 6.45) is 0.896. The van der Waals surface area contributed by atoms with E-state index in [0.717, 1.165) is 12.8 Å². The number of piperidine rings is 1. The molecule has 1 fully saturated rings. The van der Waals surface area contributed by atoms with Gasteiger partial charge < -0.3 is 14.5 Å². The maximum atomic E-state index is 10.8. The smallest absolute Gasteiger partial charge is 0.407 e. The number of hydrogen-bond donors (Lipinski definition) is 1. The summed E-state index contributed by atoms with van der Waals surface area (Å²) in [5.41, 5.74) is 0. The van der Waals surface area contributed by atoms with Crippen molar-refractivity contribution in [1.82, 2.24) is 15.0 Å². The van der Waals surface area contributed by atoms with Crippen LogP contribution in [0.1, 0.15) is 30.5 Å². The molecule has 0 aliphatic carbocycles. The zero-order valence-electron chi connectivity index (χ0n) is 8.51. The Bertz CT molecular complexity index is 363. The van der Waals surface area contributed by atoms with Gasteiger partial charge in [-0.25, -0.2) is 4.79 Å². The third-order valence-electron chi connectivity index (χ3n) is 2.60. The van der Waals surface area contributed by atoms with E-state index in [4.69, 9.17) is 9.63 Å². The highest BCUT2D eigenvalue weighted by molar-refractivity contribution is 5.65. The molecule has 82 valence electrons. The third-order valence-corrected chi connectivity index (χ3v) is 2.60. The quantitative estimate of drug-likeness (QED) is 0.755. The van der Waals surface area contributed by atoms with E-state index < -0.39 is 6.09 Å². The van der Waals surface area contributed by atoms with Crippen LogP contribution in [0, 0.1) is 6.92 Å². The second-order valence-electron chi connectivity index (χ2n) is 3.74. The van der Waals surface area contributed by atoms with Gasteiger partial charge in [-0.1, -0.05) is 5.16 Å². The van der Waals surface area contributed by atoms with Crippen molar-refractivity contribution >= 4 is 6.09 Å². The fourth-order valence-electron chi connectivity index (χ4n) is 1.84. The Morgan fingerprint density at radius 3 is 3.07 bits per heavy atom. The Hall–Kier alpha value is -1.59. The van der Waals surface area contributed by atoms with Crippen molar-refractivity contribution in [3.05, 3.63) is 11.7 Å². The highest BCUT2D eigenvalue weighted by Gasteiger charge is 2.27. The first-order valence-corrected chi connectivity index (χ1v) is 4.95. The molecule has 2 rings (SSSR count). The zero-order valence-corrected chi connectivity index (χ0v) is 8.51. The summed E-state index contributed by atoms with van der Waals surface area (Å²) >= 11 is 0. The molecule has 1 aromatic rings. The molecular weight excluding hydrogens is 198 g/mol. The van der Waals surface area contributed by atoms with E-state index in [1.54, 1.807) is 6.92 Å². The Morgan fingerprint density at radius 2 is 2.47 bits per heavy atom. The minimum Gasteiger partial charge on any atom is -0.465 e. The highest BCUT2D eigenvalue weighted by Crippen LogP contribution is 2.24. The van der Waals surface area contributed by atoms with Gasteiger partial charge >= 0.3 is 6.09 Å². The third kappa shape index (κ3) is 2.08. The van der Waals surface area contributed by atoms with Crippen molar-refractivity contribution in [2.45, 2.75) is 25.7 Å². The topological polar surface area (TPSA) is 79.5 Å². The van der Waals surface area contributed by atoms with Crippen molar-refractivity contribution in [3.8, 4) is 0 Å². The second-order valence-corrected chi connectivity index (χ2v) is 3.74. The molecule has 0 saturated carbocycles. The number of carboxylic acid groups (broad SMARTS) is 1. The van der Waals surface area contributed by atoms with Crippen LogP contribution in [-0.4, -0.2) is 39.3 Å². The zero-order chi connectivity index (χ0) is 10.8. The maximum absolute atomic E-state index is 10.8. The molecule has 15 heavy (non-hydrogen) atoms. The lowest BCUT2D eigenvalue weighted by Gasteiger charge is -2.28. The molecule has 0 bridgehead atoms. The summed E-state index contributed by atoms with van der Waals surface area (Å²) in [6.45, 7) is 2.80. The second kappa shape index (κ2) is 3.88. The molecule has 0 aromatic carbocycles. The number of amides is 1. The first kappa shape index (κ1) is 9.95. The normalized spacial score (nSPS) is 21.7. The average Bonchev–Trinajstić information content (AvgIpc) is 2.65. The lowest BCUT2D eigenvalue weighted by atomic mass is 9.98. The van der Waals surface area contributed by atoms with E-state index in [1.807, 2.05) is 0 Å². The first-order valence-electron chi connectivity index (χ1n) is 4.95. The van der Waals surface area contributed by atoms with Crippen molar-refractivity contribution in [3.63, 3.8) is 0 Å². The lowest BCUT2D eigenvalue weighted by molar-refractivity contribution is 0.129. The molecule has 6 heteroatoms. The van der Waals surface area contributed by atoms with Crippen molar-refractivity contribution in [2.24, 2.45) is 0 Å². The fourth-order valence-corrected chi connectivity index (χ4v) is 1.84. The van der Waals surface area contributed by atoms with Crippen LogP contribution in [0.3, 0.4) is 0 Å². The van der Waals surface area contributed by atoms with Crippen LogP contribution >= 0.6 is 0 Å². The number of likely N-dealkylation sites (tertiary alicyclic amines) is 1. The molecule has 1 saturated heterocycles. The molecule has 1 aliphatic rings. The highest BCUT2D eigenvalue weighted by atomic mass is 16.5. The van der Waals surface area contributed by atoms with Gasteiger partial charge in [0.2, 0.25) is 5.89 Å². The van der Waals surface area contributed by atoms with Crippen molar-refractivity contribution in [1.29, 1.82) is 0 Å². The molecule has 0 radical (unpaired) electrons. The lowest BCUT2D eigenvalue weighted by Crippen LogP contribution is -2.38. The number of hydrogen-bond acceptors (Lipinski definition) is 4. The molecule has 2 heterocycles. The molecule has 0 spiro atoms. The van der Waals surface area contributed by atoms with E-state index in [0.29, 0.717) is 24.8 Å². The Labute approximate surface area is 86.9 Å². The predicted octanol–water partition coefficient (Wildman–Crippen LogP) is 1.24. The first-order chi connectivity index (χ1) is 7.16. The van der Waals surface area contributed by atoms with Crippen LogP contribution in [0.15, 0.2) is 4.52 Å². The molecule has 1 aliphatic heterocycles. The van der Waals surface area contributed by atoms with Gasteiger partial charge in [-0.05, 0) is 12.8 Å². The largest absolute Gasteiger partial charge is 0.465 e. The molecular formula is C9H13N3O3. The molecule has 1 unspecified atom stereocenters. The van der Waals surface area contributed by atoms with Gasteiger partial charge in [0.25, 0.3) is 0 Å². The maximum Gasteiger partial charge on any atom is 0.407 e. The summed E-state index contributed by atoms with van der Waals surface area (Å²) in [7, 11) is 0. The van der Waals surface area contributed by atoms with Crippen LogP contribution in [0.25, 0.3) is 0 Å². The van der Waals surface area contributed by atoms with Crippen molar-refractivity contribution < 1.29 is 14.4 Å². The predicted molar refractivity (Wildman–Crippen MR) is 50.6 cm³/mol. The number of rotatable bonds is 1. The van der Waals surface area contributed by atoms with Gasteiger partial charge in [-0.15, -0.1) is 0 Å². The van der Waals surface area contributed by atoms with Crippen LogP contribution < -0.4 is 0 Å². The number of carbonyl (C=O) groups is 1. The molecule has 1 atom stereocenters. The van der Waals surface area contributed by atoms with E-state index >= 15 is 0 Å². The summed E-state index contributed by atoms with van der Waals surface area (Å²) in [5.74, 6) is 1.23. The summed E-state index contributed by atoms with van der Waals surface area (Å²) in [4.78, 5) is 16.3. The average molecular weight is 211 g/mol. The van der Waals surface area contributed by atoms with E-state index in [-0.39, 0.29) is 5.92 Å². The van der Waals surface area contributed by atoms with E-state index in [9.17, 15) is 4.79 Å². The minimum absolute atomic E-state index is 0.0762. The van der Waals surface area contributed by atoms with Gasteiger partial charge in [0.05, 0.1) is 0 Å². The Morgan fingerprint density at radius 1 is 1.67 bits per heavy atom. The summed E-state index contributed by atoms with van der Waals surface area (Å²) in [5, 5.41) is 12.7. The molecule has 1 aromatic heterocycles. The number of aryl methyl sites for hydroxylation is 1. The van der Waals surface area contributed by atoms with Gasteiger partial charge in [0.1, 0.15) is 0 Å². The number of aromatic nitrogens is 2. The minimum atomic E-state index is -0.875. The van der Waals surface area contributed by atoms with Crippen LogP contribution in [-0.2, 0) is 0 Å². The monoisotopic (exact) mass is 211 g/mol. The molecule has 6 nitrogen and oxygen atoms in total. The van der Waals surface area contributed by atoms with Crippen LogP contribution in [0.5, 0.6) is 0 Å². The van der Waals surface area contributed by atoms with E-state index in [2.05, 4.69) is 10.1 Å². The number of nitrogens with zero attached hydrogens (tertiary/aromatic N) is 3. The Balaban J connectivity index is 2.07. The fraction of sp³-hybridized carbons (Fsp3) is 0.667. The summed E-state index contributed by atoms with van der Waals surface area (Å²) in [6, 6.07) is 0. The standard InChI is InChI=1S/C9H13N3O3/c1-6-10-8(11-15-6)7-3-2-4-12(5-7)9(13)14/h7H,2-5H2,1H3,(H,13,14). The van der Waals surface area contributed by atoms with Crippen molar-refractivity contribution in [2.75, 3.05) is 13.1 Å². The van der Waals surface area contributed by atoms with Crippen LogP contribution in [0.2, 0.25) is 0 Å². The van der Waals surface area contributed by atoms with Gasteiger partial charge in [0.15, 0.2) is 5.82 Å². The van der Waals surface area contributed by atoms with E-state index in [1.165, 1.54) is 4.90 Å². The van der Waals surface area contributed by atoms with Crippen LogP contribution in [0.4, 0.5) is 4.79 Å².